The fourth-order valence-electron chi connectivity index (χ4n) is 2.80. The monoisotopic (exact) mass is 334 g/mol. The van der Waals surface area contributed by atoms with Crippen molar-refractivity contribution in [3.05, 3.63) is 29.8 Å². The second-order valence-corrected chi connectivity index (χ2v) is 7.92. The van der Waals surface area contributed by atoms with Crippen LogP contribution in [0.2, 0.25) is 0 Å². The lowest BCUT2D eigenvalue weighted by atomic mass is 10.1. The van der Waals surface area contributed by atoms with Gasteiger partial charge in [-0.15, -0.1) is 0 Å². The van der Waals surface area contributed by atoms with Gasteiger partial charge in [0.05, 0.1) is 11.4 Å². The summed E-state index contributed by atoms with van der Waals surface area (Å²) in [6, 6.07) is 8.25. The van der Waals surface area contributed by atoms with Gasteiger partial charge in [0.15, 0.2) is 0 Å². The van der Waals surface area contributed by atoms with Gasteiger partial charge in [0.25, 0.3) is 0 Å². The van der Waals surface area contributed by atoms with Crippen LogP contribution in [-0.2, 0) is 10.5 Å². The Labute approximate surface area is 140 Å². The van der Waals surface area contributed by atoms with Gasteiger partial charge in [0.2, 0.25) is 5.91 Å². The van der Waals surface area contributed by atoms with Crippen LogP contribution in [0.3, 0.4) is 0 Å². The molecule has 0 atom stereocenters. The third-order valence-electron chi connectivity index (χ3n) is 4.08. The SMILES string of the molecule is O=C(CSC1=Nc2ccccc2CS1)N1CCCCCCC1. The van der Waals surface area contributed by atoms with Crippen molar-refractivity contribution in [2.75, 3.05) is 18.8 Å². The summed E-state index contributed by atoms with van der Waals surface area (Å²) in [4.78, 5) is 19.1. The Balaban J connectivity index is 1.54. The molecule has 1 saturated heterocycles. The zero-order valence-electron chi connectivity index (χ0n) is 12.8. The van der Waals surface area contributed by atoms with Crippen LogP contribution < -0.4 is 0 Å². The van der Waals surface area contributed by atoms with Gasteiger partial charge < -0.3 is 4.90 Å². The Bertz CT molecular complexity index is 551. The number of para-hydroxylation sites is 1. The number of nitrogens with zero attached hydrogens (tertiary/aromatic N) is 2. The molecule has 0 radical (unpaired) electrons. The van der Waals surface area contributed by atoms with Crippen LogP contribution in [0.5, 0.6) is 0 Å². The first-order chi connectivity index (χ1) is 10.8. The zero-order chi connectivity index (χ0) is 15.2. The number of amides is 1. The molecule has 118 valence electrons. The lowest BCUT2D eigenvalue weighted by molar-refractivity contribution is -0.128. The molecule has 0 aromatic heterocycles. The molecule has 3 nitrogen and oxygen atoms in total. The minimum Gasteiger partial charge on any atom is -0.342 e. The summed E-state index contributed by atoms with van der Waals surface area (Å²) in [5.74, 6) is 1.75. The van der Waals surface area contributed by atoms with E-state index in [1.54, 1.807) is 23.5 Å². The standard InChI is InChI=1S/C17H22N2OS2/c20-16(19-10-6-2-1-3-7-11-19)13-22-17-18-15-9-5-4-8-14(15)12-21-17/h4-5,8-9H,1-3,6-7,10-13H2. The van der Waals surface area contributed by atoms with E-state index >= 15 is 0 Å². The summed E-state index contributed by atoms with van der Waals surface area (Å²) in [6.45, 7) is 1.86. The number of hydrogen-bond acceptors (Lipinski definition) is 4. The summed E-state index contributed by atoms with van der Waals surface area (Å²) in [5, 5.41) is 0. The van der Waals surface area contributed by atoms with Gasteiger partial charge in [-0.3, -0.25) is 4.79 Å². The molecule has 2 aliphatic heterocycles. The number of thioether (sulfide) groups is 2. The highest BCUT2D eigenvalue weighted by molar-refractivity contribution is 8.38. The molecule has 0 N–H and O–H groups in total. The molecular formula is C17H22N2OS2. The van der Waals surface area contributed by atoms with E-state index < -0.39 is 0 Å². The molecule has 3 rings (SSSR count). The van der Waals surface area contributed by atoms with E-state index in [1.165, 1.54) is 24.8 Å². The lowest BCUT2D eigenvalue weighted by Crippen LogP contribution is -2.35. The van der Waals surface area contributed by atoms with Gasteiger partial charge in [0.1, 0.15) is 4.38 Å². The van der Waals surface area contributed by atoms with E-state index in [0.717, 1.165) is 41.7 Å². The number of rotatable bonds is 2. The van der Waals surface area contributed by atoms with Crippen molar-refractivity contribution in [2.45, 2.75) is 37.9 Å². The number of hydrogen-bond donors (Lipinski definition) is 0. The summed E-state index contributed by atoms with van der Waals surface area (Å²) in [5.41, 5.74) is 2.34. The highest BCUT2D eigenvalue weighted by Crippen LogP contribution is 2.34. The van der Waals surface area contributed by atoms with Crippen molar-refractivity contribution < 1.29 is 4.79 Å². The first-order valence-electron chi connectivity index (χ1n) is 8.03. The third kappa shape index (κ3) is 4.29. The zero-order valence-corrected chi connectivity index (χ0v) is 14.4. The van der Waals surface area contributed by atoms with Gasteiger partial charge in [-0.25, -0.2) is 4.99 Å². The Morgan fingerprint density at radius 2 is 1.86 bits per heavy atom. The normalized spacial score (nSPS) is 18.9. The van der Waals surface area contributed by atoms with E-state index in [4.69, 9.17) is 0 Å². The van der Waals surface area contributed by atoms with Crippen molar-refractivity contribution in [2.24, 2.45) is 4.99 Å². The average Bonchev–Trinajstić information content (AvgIpc) is 2.52. The molecule has 0 aliphatic carbocycles. The van der Waals surface area contributed by atoms with E-state index in [2.05, 4.69) is 23.2 Å². The second kappa shape index (κ2) is 8.06. The van der Waals surface area contributed by atoms with Crippen LogP contribution in [-0.4, -0.2) is 34.0 Å². The van der Waals surface area contributed by atoms with Crippen molar-refractivity contribution in [3.63, 3.8) is 0 Å². The summed E-state index contributed by atoms with van der Waals surface area (Å²) in [6.07, 6.45) is 6.15. The molecule has 5 heteroatoms. The van der Waals surface area contributed by atoms with Gasteiger partial charge >= 0.3 is 0 Å². The number of likely N-dealkylation sites (tertiary alicyclic amines) is 1. The minimum absolute atomic E-state index is 0.272. The molecule has 22 heavy (non-hydrogen) atoms. The molecule has 2 aliphatic rings. The summed E-state index contributed by atoms with van der Waals surface area (Å²) in [7, 11) is 0. The number of carbonyl (C=O) groups is 1. The number of benzene rings is 1. The Morgan fingerprint density at radius 1 is 1.14 bits per heavy atom. The summed E-state index contributed by atoms with van der Waals surface area (Å²) < 4.78 is 1.03. The van der Waals surface area contributed by atoms with Crippen molar-refractivity contribution >= 4 is 39.5 Å². The fraction of sp³-hybridized carbons (Fsp3) is 0.529. The molecular weight excluding hydrogens is 312 g/mol. The Kier molecular flexibility index (Phi) is 5.84. The van der Waals surface area contributed by atoms with Crippen molar-refractivity contribution in [3.8, 4) is 0 Å². The van der Waals surface area contributed by atoms with Crippen LogP contribution in [0.25, 0.3) is 0 Å². The smallest absolute Gasteiger partial charge is 0.233 e. The maximum Gasteiger partial charge on any atom is 0.233 e. The lowest BCUT2D eigenvalue weighted by Gasteiger charge is -2.25. The van der Waals surface area contributed by atoms with Gasteiger partial charge in [-0.05, 0) is 24.5 Å². The van der Waals surface area contributed by atoms with Gasteiger partial charge in [-0.2, -0.15) is 0 Å². The molecule has 1 aromatic carbocycles. The van der Waals surface area contributed by atoms with Crippen LogP contribution in [0.1, 0.15) is 37.7 Å². The van der Waals surface area contributed by atoms with Gasteiger partial charge in [0, 0.05) is 18.8 Å². The highest BCUT2D eigenvalue weighted by atomic mass is 32.2. The molecule has 0 saturated carbocycles. The molecule has 0 unspecified atom stereocenters. The number of aliphatic imine (C=N–C) groups is 1. The Morgan fingerprint density at radius 3 is 2.68 bits per heavy atom. The minimum atomic E-state index is 0.272. The number of fused-ring (bicyclic) bond motifs is 1. The molecule has 0 spiro atoms. The van der Waals surface area contributed by atoms with Crippen LogP contribution in [0, 0.1) is 0 Å². The van der Waals surface area contributed by atoms with E-state index in [9.17, 15) is 4.79 Å². The first-order valence-corrected chi connectivity index (χ1v) is 10.00. The molecule has 0 bridgehead atoms. The second-order valence-electron chi connectivity index (χ2n) is 5.73. The van der Waals surface area contributed by atoms with Crippen LogP contribution in [0.4, 0.5) is 5.69 Å². The number of carbonyl (C=O) groups excluding carboxylic acids is 1. The van der Waals surface area contributed by atoms with Crippen LogP contribution in [0.15, 0.2) is 29.3 Å². The quantitative estimate of drug-likeness (QED) is 0.801. The molecule has 1 amide bonds. The molecule has 2 heterocycles. The van der Waals surface area contributed by atoms with E-state index in [-0.39, 0.29) is 5.91 Å². The Hall–Kier alpha value is -0.940. The van der Waals surface area contributed by atoms with Crippen molar-refractivity contribution in [1.29, 1.82) is 0 Å². The largest absolute Gasteiger partial charge is 0.342 e. The predicted molar refractivity (Wildman–Crippen MR) is 97.0 cm³/mol. The highest BCUT2D eigenvalue weighted by Gasteiger charge is 2.18. The van der Waals surface area contributed by atoms with E-state index in [0.29, 0.717) is 5.75 Å². The van der Waals surface area contributed by atoms with Crippen molar-refractivity contribution in [1.82, 2.24) is 4.90 Å². The average molecular weight is 335 g/mol. The maximum absolute atomic E-state index is 12.4. The third-order valence-corrected chi connectivity index (χ3v) is 6.31. The van der Waals surface area contributed by atoms with Crippen LogP contribution >= 0.6 is 23.5 Å². The predicted octanol–water partition coefficient (Wildman–Crippen LogP) is 4.45. The molecule has 1 aromatic rings. The first kappa shape index (κ1) is 15.9. The summed E-state index contributed by atoms with van der Waals surface area (Å²) >= 11 is 3.34. The maximum atomic E-state index is 12.4. The molecule has 1 fully saturated rings. The fourth-order valence-corrected chi connectivity index (χ4v) is 4.76. The van der Waals surface area contributed by atoms with E-state index in [1.807, 2.05) is 11.0 Å². The topological polar surface area (TPSA) is 32.7 Å². The van der Waals surface area contributed by atoms with Gasteiger partial charge in [-0.1, -0.05) is 61.0 Å².